The maximum absolute atomic E-state index is 10.6. The van der Waals surface area contributed by atoms with Crippen molar-refractivity contribution in [2.24, 2.45) is 0 Å². The van der Waals surface area contributed by atoms with Crippen LogP contribution in [0, 0.1) is 0 Å². The molecule has 0 aliphatic carbocycles. The van der Waals surface area contributed by atoms with Crippen LogP contribution in [0.3, 0.4) is 0 Å². The van der Waals surface area contributed by atoms with Gasteiger partial charge in [-0.2, -0.15) is 17.7 Å². The molecule has 12 heteroatoms. The van der Waals surface area contributed by atoms with Crippen molar-refractivity contribution >= 4 is 29.2 Å². The lowest BCUT2D eigenvalue weighted by molar-refractivity contribution is -0.192. The van der Waals surface area contributed by atoms with E-state index in [1.54, 1.807) is 10.8 Å². The van der Waals surface area contributed by atoms with Gasteiger partial charge in [0.2, 0.25) is 0 Å². The van der Waals surface area contributed by atoms with Crippen LogP contribution in [0.4, 0.5) is 19.0 Å². The number of ether oxygens (including phenoxy) is 1. The van der Waals surface area contributed by atoms with Gasteiger partial charge < -0.3 is 14.7 Å². The highest BCUT2D eigenvalue weighted by atomic mass is 32.2. The zero-order valence-corrected chi connectivity index (χ0v) is 14.5. The molecule has 1 unspecified atom stereocenters. The van der Waals surface area contributed by atoms with Crippen molar-refractivity contribution in [1.82, 2.24) is 19.8 Å². The van der Waals surface area contributed by atoms with Gasteiger partial charge in [-0.05, 0) is 18.6 Å². The average Bonchev–Trinajstić information content (AvgIpc) is 3.19. The summed E-state index contributed by atoms with van der Waals surface area (Å²) in [7, 11) is 1.81. The molecule has 0 saturated carbocycles. The summed E-state index contributed by atoms with van der Waals surface area (Å²) in [6.45, 7) is 2.11. The third-order valence-electron chi connectivity index (χ3n) is 4.18. The molecule has 2 fully saturated rings. The van der Waals surface area contributed by atoms with Crippen molar-refractivity contribution in [3.63, 3.8) is 0 Å². The average molecular weight is 391 g/mol. The Morgan fingerprint density at radius 1 is 1.42 bits per heavy atom. The first kappa shape index (κ1) is 18.7. The summed E-state index contributed by atoms with van der Waals surface area (Å²) in [5, 5.41) is 19.5. The lowest BCUT2D eigenvalue weighted by Crippen LogP contribution is -2.59. The van der Waals surface area contributed by atoms with E-state index in [0.29, 0.717) is 10.9 Å². The molecule has 2 saturated heterocycles. The largest absolute Gasteiger partial charge is 0.490 e. The SMILES string of the molecule is COC1CSC2(C1)CN(c1ccc3nncn3n1)C2.O=C(O)C(F)(F)F. The summed E-state index contributed by atoms with van der Waals surface area (Å²) in [4.78, 5) is 11.2. The van der Waals surface area contributed by atoms with Crippen LogP contribution >= 0.6 is 11.8 Å². The number of halogens is 3. The summed E-state index contributed by atoms with van der Waals surface area (Å²) in [5.74, 6) is -0.644. The molecule has 142 valence electrons. The van der Waals surface area contributed by atoms with Crippen LogP contribution < -0.4 is 4.90 Å². The maximum Gasteiger partial charge on any atom is 0.490 e. The van der Waals surface area contributed by atoms with Crippen LogP contribution in [-0.4, -0.2) is 73.9 Å². The number of aliphatic carboxylic acids is 1. The number of alkyl halides is 3. The van der Waals surface area contributed by atoms with E-state index in [0.717, 1.165) is 36.7 Å². The Morgan fingerprint density at radius 3 is 2.69 bits per heavy atom. The number of thioether (sulfide) groups is 1. The van der Waals surface area contributed by atoms with Crippen LogP contribution in [0.15, 0.2) is 18.5 Å². The van der Waals surface area contributed by atoms with Gasteiger partial charge in [-0.3, -0.25) is 0 Å². The molecule has 2 aliphatic heterocycles. The lowest BCUT2D eigenvalue weighted by Gasteiger charge is -2.48. The molecule has 2 aliphatic rings. The minimum absolute atomic E-state index is 0.379. The fourth-order valence-electron chi connectivity index (χ4n) is 2.87. The molecule has 26 heavy (non-hydrogen) atoms. The number of rotatable bonds is 2. The van der Waals surface area contributed by atoms with E-state index in [2.05, 4.69) is 20.2 Å². The summed E-state index contributed by atoms with van der Waals surface area (Å²) in [6.07, 6.45) is -1.88. The van der Waals surface area contributed by atoms with E-state index >= 15 is 0 Å². The van der Waals surface area contributed by atoms with Gasteiger partial charge >= 0.3 is 12.1 Å². The molecule has 1 atom stereocenters. The van der Waals surface area contributed by atoms with E-state index < -0.39 is 12.1 Å². The molecular formula is C14H16F3N5O3S. The zero-order chi connectivity index (χ0) is 18.9. The summed E-state index contributed by atoms with van der Waals surface area (Å²) in [6, 6.07) is 3.98. The highest BCUT2D eigenvalue weighted by Gasteiger charge is 2.49. The van der Waals surface area contributed by atoms with Crippen molar-refractivity contribution in [2.75, 3.05) is 30.9 Å². The molecule has 2 aromatic rings. The summed E-state index contributed by atoms with van der Waals surface area (Å²) in [5.41, 5.74) is 0.786. The second-order valence-corrected chi connectivity index (χ2v) is 7.53. The predicted octanol–water partition coefficient (Wildman–Crippen LogP) is 1.47. The van der Waals surface area contributed by atoms with Crippen LogP contribution in [0.25, 0.3) is 5.65 Å². The molecule has 1 spiro atoms. The number of methoxy groups -OCH3 is 1. The molecule has 2 aromatic heterocycles. The third-order valence-corrected chi connectivity index (χ3v) is 5.76. The second-order valence-electron chi connectivity index (χ2n) is 6.04. The number of carbonyl (C=O) groups is 1. The smallest absolute Gasteiger partial charge is 0.475 e. The molecule has 4 heterocycles. The van der Waals surface area contributed by atoms with Gasteiger partial charge in [0.25, 0.3) is 0 Å². The number of carboxylic acids is 1. The molecule has 0 aromatic carbocycles. The quantitative estimate of drug-likeness (QED) is 0.823. The number of nitrogens with zero attached hydrogens (tertiary/aromatic N) is 5. The van der Waals surface area contributed by atoms with Crippen LogP contribution in [0.1, 0.15) is 6.42 Å². The predicted molar refractivity (Wildman–Crippen MR) is 87.3 cm³/mol. The molecule has 0 amide bonds. The minimum Gasteiger partial charge on any atom is -0.475 e. The standard InChI is InChI=1S/C12H15N5OS.C2HF3O2/c1-18-9-4-12(19-5-9)6-16(7-12)11-3-2-10-14-13-8-17(10)15-11;3-2(4,5)1(6)7/h2-3,8-9H,4-7H2,1H3;(H,6,7). The molecule has 0 bridgehead atoms. The van der Waals surface area contributed by atoms with Crippen LogP contribution in [0.2, 0.25) is 0 Å². The molecular weight excluding hydrogens is 375 g/mol. The Morgan fingerprint density at radius 2 is 2.12 bits per heavy atom. The highest BCUT2D eigenvalue weighted by molar-refractivity contribution is 8.01. The van der Waals surface area contributed by atoms with E-state index in [1.807, 2.05) is 31.0 Å². The highest BCUT2D eigenvalue weighted by Crippen LogP contribution is 2.46. The maximum atomic E-state index is 10.6. The topological polar surface area (TPSA) is 92.9 Å². The van der Waals surface area contributed by atoms with Crippen molar-refractivity contribution in [3.8, 4) is 0 Å². The number of hydrogen-bond donors (Lipinski definition) is 1. The van der Waals surface area contributed by atoms with Gasteiger partial charge in [0.05, 0.1) is 10.9 Å². The number of carboxylic acid groups (broad SMARTS) is 1. The van der Waals surface area contributed by atoms with E-state index in [4.69, 9.17) is 14.6 Å². The third kappa shape index (κ3) is 3.85. The van der Waals surface area contributed by atoms with Gasteiger partial charge in [-0.15, -0.1) is 27.1 Å². The zero-order valence-electron chi connectivity index (χ0n) is 13.7. The Bertz CT molecular complexity index is 793. The number of fused-ring (bicyclic) bond motifs is 1. The van der Waals surface area contributed by atoms with Crippen LogP contribution in [0.5, 0.6) is 0 Å². The first-order valence-corrected chi connectivity index (χ1v) is 8.60. The van der Waals surface area contributed by atoms with Crippen molar-refractivity contribution in [1.29, 1.82) is 0 Å². The minimum atomic E-state index is -5.08. The fraction of sp³-hybridized carbons (Fsp3) is 0.571. The van der Waals surface area contributed by atoms with Crippen LogP contribution in [-0.2, 0) is 9.53 Å². The van der Waals surface area contributed by atoms with Gasteiger partial charge in [-0.25, -0.2) is 4.79 Å². The van der Waals surface area contributed by atoms with Gasteiger partial charge in [-0.1, -0.05) is 0 Å². The lowest BCUT2D eigenvalue weighted by atomic mass is 9.93. The summed E-state index contributed by atoms with van der Waals surface area (Å²) >= 11 is 2.04. The Kier molecular flexibility index (Phi) is 4.97. The molecule has 0 radical (unpaired) electrons. The van der Waals surface area contributed by atoms with Gasteiger partial charge in [0.15, 0.2) is 5.65 Å². The first-order chi connectivity index (χ1) is 12.2. The second kappa shape index (κ2) is 6.91. The number of hydrogen-bond acceptors (Lipinski definition) is 7. The normalized spacial score (nSPS) is 21.4. The van der Waals surface area contributed by atoms with E-state index in [-0.39, 0.29) is 0 Å². The number of anilines is 1. The van der Waals surface area contributed by atoms with Crippen molar-refractivity contribution in [2.45, 2.75) is 23.4 Å². The fourth-order valence-corrected chi connectivity index (χ4v) is 4.46. The van der Waals surface area contributed by atoms with Crippen molar-refractivity contribution in [3.05, 3.63) is 18.5 Å². The Hall–Kier alpha value is -2.08. The van der Waals surface area contributed by atoms with Gasteiger partial charge in [0.1, 0.15) is 12.1 Å². The monoisotopic (exact) mass is 391 g/mol. The Balaban J connectivity index is 0.000000242. The molecule has 1 N–H and O–H groups in total. The molecule has 4 rings (SSSR count). The molecule has 8 nitrogen and oxygen atoms in total. The van der Waals surface area contributed by atoms with Gasteiger partial charge in [0, 0.05) is 26.0 Å². The van der Waals surface area contributed by atoms with E-state index in [9.17, 15) is 13.2 Å². The van der Waals surface area contributed by atoms with Crippen molar-refractivity contribution < 1.29 is 27.8 Å². The Labute approximate surface area is 150 Å². The summed E-state index contributed by atoms with van der Waals surface area (Å²) < 4.78 is 39.3. The first-order valence-electron chi connectivity index (χ1n) is 7.61. The van der Waals surface area contributed by atoms with E-state index in [1.165, 1.54) is 0 Å². The number of aromatic nitrogens is 4.